The Balaban J connectivity index is 2.30. The average Bonchev–Trinajstić information content (AvgIpc) is 2.50. The van der Waals surface area contributed by atoms with E-state index in [1.165, 1.54) is 0 Å². The van der Waals surface area contributed by atoms with Crippen LogP contribution in [0.1, 0.15) is 25.7 Å². The molecule has 1 amide bonds. The number of hydrogen-bond acceptors (Lipinski definition) is 4. The highest BCUT2D eigenvalue weighted by Crippen LogP contribution is 2.32. The van der Waals surface area contributed by atoms with Gasteiger partial charge in [0.1, 0.15) is 11.4 Å². The molecule has 2 saturated heterocycles. The third kappa shape index (κ3) is 3.25. The maximum absolute atomic E-state index is 13.1. The Kier molecular flexibility index (Phi) is 4.29. The van der Waals surface area contributed by atoms with E-state index in [4.69, 9.17) is 0 Å². The summed E-state index contributed by atoms with van der Waals surface area (Å²) in [7, 11) is -3.56. The van der Waals surface area contributed by atoms with E-state index < -0.39 is 39.9 Å². The zero-order chi connectivity index (χ0) is 15.0. The molecule has 5 nitrogen and oxygen atoms in total. The van der Waals surface area contributed by atoms with Gasteiger partial charge in [-0.15, -0.1) is 0 Å². The number of hydrogen-bond donors (Lipinski definition) is 1. The molecule has 0 bridgehead atoms. The Morgan fingerprint density at radius 3 is 2.55 bits per heavy atom. The van der Waals surface area contributed by atoms with E-state index in [1.54, 1.807) is 0 Å². The molecule has 0 saturated carbocycles. The van der Waals surface area contributed by atoms with Gasteiger partial charge in [0.25, 0.3) is 0 Å². The summed E-state index contributed by atoms with van der Waals surface area (Å²) in [5.74, 6) is -0.560. The Hall–Kier alpha value is -0.830. The van der Waals surface area contributed by atoms with Crippen molar-refractivity contribution in [3.05, 3.63) is 0 Å². The number of halogens is 3. The third-order valence-corrected chi connectivity index (χ3v) is 5.98. The smallest absolute Gasteiger partial charge is 0.354 e. The van der Waals surface area contributed by atoms with Crippen molar-refractivity contribution in [1.82, 2.24) is 10.2 Å². The Morgan fingerprint density at radius 2 is 1.95 bits per heavy atom. The van der Waals surface area contributed by atoms with Crippen LogP contribution in [0.4, 0.5) is 13.2 Å². The van der Waals surface area contributed by atoms with Gasteiger partial charge in [0, 0.05) is 19.5 Å². The SMILES string of the molecule is O=C1CCN(C2CCCCS2(=O)=O)C(C(F)(F)F)CN1. The van der Waals surface area contributed by atoms with Crippen molar-refractivity contribution in [3.8, 4) is 0 Å². The standard InChI is InChI=1S/C11H17F3N2O3S/c12-11(13,14)8-7-15-9(17)4-5-16(8)10-3-1-2-6-20(10,18)19/h8,10H,1-7H2,(H,15,17). The molecule has 2 atom stereocenters. The van der Waals surface area contributed by atoms with Gasteiger partial charge in [-0.2, -0.15) is 13.2 Å². The molecule has 2 unspecified atom stereocenters. The first-order valence-corrected chi connectivity index (χ1v) is 8.24. The highest BCUT2D eigenvalue weighted by atomic mass is 32.2. The lowest BCUT2D eigenvalue weighted by molar-refractivity contribution is -0.183. The largest absolute Gasteiger partial charge is 0.405 e. The van der Waals surface area contributed by atoms with Crippen molar-refractivity contribution in [3.63, 3.8) is 0 Å². The maximum atomic E-state index is 13.1. The summed E-state index contributed by atoms with van der Waals surface area (Å²) in [6.07, 6.45) is -3.40. The van der Waals surface area contributed by atoms with Gasteiger partial charge < -0.3 is 5.32 Å². The number of carbonyl (C=O) groups excluding carboxylic acids is 1. The molecule has 2 fully saturated rings. The summed E-state index contributed by atoms with van der Waals surface area (Å²) in [6, 6.07) is -1.94. The highest BCUT2D eigenvalue weighted by Gasteiger charge is 2.49. The minimum atomic E-state index is -4.56. The fourth-order valence-corrected chi connectivity index (χ4v) is 4.83. The van der Waals surface area contributed by atoms with Gasteiger partial charge >= 0.3 is 6.18 Å². The first-order chi connectivity index (χ1) is 9.22. The first-order valence-electron chi connectivity index (χ1n) is 6.52. The number of nitrogens with zero attached hydrogens (tertiary/aromatic N) is 1. The van der Waals surface area contributed by atoms with Gasteiger partial charge in [0.15, 0.2) is 9.84 Å². The Morgan fingerprint density at radius 1 is 1.25 bits per heavy atom. The van der Waals surface area contributed by atoms with E-state index in [0.717, 1.165) is 4.90 Å². The summed E-state index contributed by atoms with van der Waals surface area (Å²) in [5.41, 5.74) is 0. The number of rotatable bonds is 1. The molecule has 0 aromatic heterocycles. The molecule has 2 aliphatic heterocycles. The van der Waals surface area contributed by atoms with Crippen LogP contribution < -0.4 is 5.32 Å². The van der Waals surface area contributed by atoms with Crippen LogP contribution in [-0.2, 0) is 14.6 Å². The zero-order valence-corrected chi connectivity index (χ0v) is 11.6. The average molecular weight is 314 g/mol. The van der Waals surface area contributed by atoms with Crippen molar-refractivity contribution in [1.29, 1.82) is 0 Å². The molecule has 1 N–H and O–H groups in total. The van der Waals surface area contributed by atoms with Crippen LogP contribution in [0.5, 0.6) is 0 Å². The van der Waals surface area contributed by atoms with Crippen LogP contribution in [-0.4, -0.2) is 55.7 Å². The molecule has 0 aliphatic carbocycles. The molecule has 0 aromatic carbocycles. The third-order valence-electron chi connectivity index (χ3n) is 3.78. The quantitative estimate of drug-likeness (QED) is 0.772. The summed E-state index contributed by atoms with van der Waals surface area (Å²) in [6.45, 7) is -0.770. The lowest BCUT2D eigenvalue weighted by Crippen LogP contribution is -2.56. The molecule has 2 aliphatic rings. The molecular weight excluding hydrogens is 297 g/mol. The topological polar surface area (TPSA) is 66.5 Å². The number of carbonyl (C=O) groups is 1. The van der Waals surface area contributed by atoms with Crippen molar-refractivity contribution >= 4 is 15.7 Å². The molecule has 0 spiro atoms. The Labute approximate surface area is 115 Å². The van der Waals surface area contributed by atoms with Crippen LogP contribution >= 0.6 is 0 Å². The minimum absolute atomic E-state index is 0.0832. The van der Waals surface area contributed by atoms with E-state index in [0.29, 0.717) is 12.8 Å². The van der Waals surface area contributed by atoms with Crippen LogP contribution in [0.3, 0.4) is 0 Å². The molecule has 9 heteroatoms. The van der Waals surface area contributed by atoms with Crippen molar-refractivity contribution in [2.24, 2.45) is 0 Å². The number of alkyl halides is 3. The number of nitrogens with one attached hydrogen (secondary N) is 1. The second-order valence-corrected chi connectivity index (χ2v) is 7.44. The fraction of sp³-hybridized carbons (Fsp3) is 0.909. The number of sulfone groups is 1. The highest BCUT2D eigenvalue weighted by molar-refractivity contribution is 7.92. The van der Waals surface area contributed by atoms with Gasteiger partial charge in [-0.25, -0.2) is 8.42 Å². The van der Waals surface area contributed by atoms with Crippen molar-refractivity contribution in [2.45, 2.75) is 43.3 Å². The molecule has 2 rings (SSSR count). The molecule has 0 aromatic rings. The molecular formula is C11H17F3N2O3S. The zero-order valence-electron chi connectivity index (χ0n) is 10.8. The summed E-state index contributed by atoms with van der Waals surface area (Å²) >= 11 is 0. The first kappa shape index (κ1) is 15.6. The van der Waals surface area contributed by atoms with E-state index in [-0.39, 0.29) is 25.1 Å². The summed E-state index contributed by atoms with van der Waals surface area (Å²) < 4.78 is 63.4. The van der Waals surface area contributed by atoms with Crippen molar-refractivity contribution < 1.29 is 26.4 Å². The van der Waals surface area contributed by atoms with Gasteiger partial charge in [0.05, 0.1) is 5.75 Å². The van der Waals surface area contributed by atoms with Gasteiger partial charge in [0.2, 0.25) is 5.91 Å². The van der Waals surface area contributed by atoms with Crippen molar-refractivity contribution in [2.75, 3.05) is 18.8 Å². The van der Waals surface area contributed by atoms with E-state index >= 15 is 0 Å². The predicted octanol–water partition coefficient (Wildman–Crippen LogP) is 0.664. The maximum Gasteiger partial charge on any atom is 0.405 e. The monoisotopic (exact) mass is 314 g/mol. The van der Waals surface area contributed by atoms with E-state index in [9.17, 15) is 26.4 Å². The lowest BCUT2D eigenvalue weighted by atomic mass is 10.1. The fourth-order valence-electron chi connectivity index (χ4n) is 2.76. The van der Waals surface area contributed by atoms with Crippen LogP contribution in [0.15, 0.2) is 0 Å². The van der Waals surface area contributed by atoms with Gasteiger partial charge in [-0.05, 0) is 19.3 Å². The molecule has 20 heavy (non-hydrogen) atoms. The van der Waals surface area contributed by atoms with Gasteiger partial charge in [-0.3, -0.25) is 9.69 Å². The van der Waals surface area contributed by atoms with E-state index in [2.05, 4.69) is 5.32 Å². The molecule has 0 radical (unpaired) electrons. The van der Waals surface area contributed by atoms with Crippen LogP contribution in [0.2, 0.25) is 0 Å². The molecule has 2 heterocycles. The van der Waals surface area contributed by atoms with Crippen LogP contribution in [0, 0.1) is 0 Å². The Bertz CT molecular complexity index is 478. The predicted molar refractivity (Wildman–Crippen MR) is 65.6 cm³/mol. The number of amides is 1. The summed E-state index contributed by atoms with van der Waals surface area (Å²) in [4.78, 5) is 12.2. The second-order valence-electron chi connectivity index (χ2n) is 5.17. The minimum Gasteiger partial charge on any atom is -0.354 e. The molecule has 116 valence electrons. The van der Waals surface area contributed by atoms with E-state index in [1.807, 2.05) is 0 Å². The summed E-state index contributed by atoms with van der Waals surface area (Å²) in [5, 5.41) is 1.07. The second kappa shape index (κ2) is 5.51. The van der Waals surface area contributed by atoms with Crippen LogP contribution in [0.25, 0.3) is 0 Å². The normalized spacial score (nSPS) is 32.5. The lowest BCUT2D eigenvalue weighted by Gasteiger charge is -2.38. The van der Waals surface area contributed by atoms with Gasteiger partial charge in [-0.1, -0.05) is 0 Å².